The van der Waals surface area contributed by atoms with Crippen LogP contribution in [0.1, 0.15) is 28.6 Å². The monoisotopic (exact) mass is 426 g/mol. The van der Waals surface area contributed by atoms with E-state index in [-0.39, 0.29) is 12.1 Å². The van der Waals surface area contributed by atoms with Crippen LogP contribution in [-0.4, -0.2) is 29.6 Å². The third-order valence-corrected chi connectivity index (χ3v) is 5.94. The summed E-state index contributed by atoms with van der Waals surface area (Å²) in [5.74, 6) is 0.726. The summed E-state index contributed by atoms with van der Waals surface area (Å²) in [7, 11) is 4.05. The molecule has 0 spiro atoms. The molecule has 0 saturated heterocycles. The predicted octanol–water partition coefficient (Wildman–Crippen LogP) is 4.95. The van der Waals surface area contributed by atoms with E-state index >= 15 is 0 Å². The Morgan fingerprint density at radius 2 is 1.84 bits per heavy atom. The number of amides is 2. The molecule has 2 aromatic carbocycles. The van der Waals surface area contributed by atoms with Gasteiger partial charge in [-0.05, 0) is 53.6 Å². The number of furan rings is 1. The molecule has 1 aliphatic heterocycles. The van der Waals surface area contributed by atoms with Crippen LogP contribution in [0, 0.1) is 0 Å². The van der Waals surface area contributed by atoms with Crippen molar-refractivity contribution in [1.29, 1.82) is 0 Å². The minimum atomic E-state index is -0.231. The molecular formula is C26H26N4O2. The van der Waals surface area contributed by atoms with Crippen LogP contribution >= 0.6 is 0 Å². The van der Waals surface area contributed by atoms with E-state index in [4.69, 9.17) is 4.42 Å². The number of fused-ring (bicyclic) bond motifs is 3. The maximum atomic E-state index is 13.5. The van der Waals surface area contributed by atoms with Crippen molar-refractivity contribution >= 4 is 11.7 Å². The first kappa shape index (κ1) is 20.0. The van der Waals surface area contributed by atoms with Crippen molar-refractivity contribution in [3.63, 3.8) is 0 Å². The Bertz CT molecular complexity index is 1210. The van der Waals surface area contributed by atoms with Crippen LogP contribution in [0.2, 0.25) is 0 Å². The van der Waals surface area contributed by atoms with Gasteiger partial charge in [0.1, 0.15) is 5.76 Å². The molecule has 32 heavy (non-hydrogen) atoms. The lowest BCUT2D eigenvalue weighted by Gasteiger charge is -2.31. The lowest BCUT2D eigenvalue weighted by Crippen LogP contribution is -2.41. The van der Waals surface area contributed by atoms with E-state index < -0.39 is 0 Å². The molecule has 1 atom stereocenters. The normalized spacial score (nSPS) is 14.9. The average Bonchev–Trinajstić information content (AvgIpc) is 3.48. The molecule has 162 valence electrons. The fraction of sp³-hybridized carbons (Fsp3) is 0.192. The molecule has 0 aliphatic carbocycles. The number of anilines is 1. The molecule has 1 N–H and O–H groups in total. The van der Waals surface area contributed by atoms with Gasteiger partial charge in [-0.1, -0.05) is 30.3 Å². The number of para-hydroxylation sites is 1. The summed E-state index contributed by atoms with van der Waals surface area (Å²) in [6.45, 7) is 0.846. The van der Waals surface area contributed by atoms with Crippen molar-refractivity contribution in [3.05, 3.63) is 108 Å². The third kappa shape index (κ3) is 3.64. The zero-order valence-electron chi connectivity index (χ0n) is 18.2. The number of nitrogens with one attached hydrogen (secondary N) is 1. The van der Waals surface area contributed by atoms with Crippen molar-refractivity contribution in [3.8, 4) is 5.69 Å². The summed E-state index contributed by atoms with van der Waals surface area (Å²) < 4.78 is 7.60. The van der Waals surface area contributed by atoms with Gasteiger partial charge in [0, 0.05) is 31.7 Å². The van der Waals surface area contributed by atoms with E-state index in [1.807, 2.05) is 49.3 Å². The molecule has 1 aliphatic rings. The van der Waals surface area contributed by atoms with Crippen LogP contribution in [0.15, 0.2) is 89.7 Å². The molecule has 4 aromatic rings. The topological polar surface area (TPSA) is 53.6 Å². The Morgan fingerprint density at radius 1 is 1.03 bits per heavy atom. The van der Waals surface area contributed by atoms with Gasteiger partial charge in [-0.2, -0.15) is 0 Å². The van der Waals surface area contributed by atoms with Crippen LogP contribution in [0.5, 0.6) is 0 Å². The number of urea groups is 1. The standard InChI is InChI=1S/C26H26N4O2/c1-28(2)21-13-11-19(12-14-21)25-24-10-5-15-29(24)23-9-4-3-7-20(23)18-30(25)26(31)27-17-22-8-6-16-32-22/h3-16,25H,17-18H2,1-2H3,(H,27,31). The summed E-state index contributed by atoms with van der Waals surface area (Å²) in [6, 6.07) is 24.1. The van der Waals surface area contributed by atoms with Crippen molar-refractivity contribution < 1.29 is 9.21 Å². The Labute approximate surface area is 187 Å². The molecule has 0 saturated carbocycles. The largest absolute Gasteiger partial charge is 0.467 e. The van der Waals surface area contributed by atoms with E-state index in [0.29, 0.717) is 13.1 Å². The summed E-state index contributed by atoms with van der Waals surface area (Å²) in [5.41, 5.74) is 5.45. The van der Waals surface area contributed by atoms with Crippen LogP contribution < -0.4 is 10.2 Å². The number of nitrogens with zero attached hydrogens (tertiary/aromatic N) is 3. The predicted molar refractivity (Wildman–Crippen MR) is 125 cm³/mol. The van der Waals surface area contributed by atoms with Crippen LogP contribution in [0.3, 0.4) is 0 Å². The molecule has 0 bridgehead atoms. The maximum Gasteiger partial charge on any atom is 0.318 e. The second-order valence-corrected chi connectivity index (χ2v) is 8.19. The molecule has 3 heterocycles. The lowest BCUT2D eigenvalue weighted by atomic mass is 10.0. The van der Waals surface area contributed by atoms with Gasteiger partial charge in [-0.3, -0.25) is 0 Å². The van der Waals surface area contributed by atoms with Gasteiger partial charge >= 0.3 is 6.03 Å². The van der Waals surface area contributed by atoms with E-state index in [1.54, 1.807) is 6.26 Å². The quantitative estimate of drug-likeness (QED) is 0.502. The molecular weight excluding hydrogens is 400 g/mol. The molecule has 0 radical (unpaired) electrons. The summed E-state index contributed by atoms with van der Waals surface area (Å²) in [5, 5.41) is 3.04. The number of aromatic nitrogens is 1. The fourth-order valence-electron chi connectivity index (χ4n) is 4.32. The Balaban J connectivity index is 1.57. The fourth-order valence-corrected chi connectivity index (χ4v) is 4.32. The van der Waals surface area contributed by atoms with Crippen LogP contribution in [0.4, 0.5) is 10.5 Å². The van der Waals surface area contributed by atoms with Gasteiger partial charge in [-0.25, -0.2) is 4.79 Å². The average molecular weight is 427 g/mol. The van der Waals surface area contributed by atoms with E-state index in [9.17, 15) is 4.79 Å². The van der Waals surface area contributed by atoms with Crippen molar-refractivity contribution in [2.75, 3.05) is 19.0 Å². The molecule has 2 aromatic heterocycles. The first-order valence-electron chi connectivity index (χ1n) is 10.7. The van der Waals surface area contributed by atoms with E-state index in [0.717, 1.165) is 34.0 Å². The van der Waals surface area contributed by atoms with Crippen molar-refractivity contribution in [2.24, 2.45) is 0 Å². The minimum absolute atomic E-state index is 0.132. The SMILES string of the molecule is CN(C)c1ccc(C2c3cccn3-c3ccccc3CN2C(=O)NCc2ccco2)cc1. The van der Waals surface area contributed by atoms with Gasteiger partial charge in [0.15, 0.2) is 0 Å². The summed E-state index contributed by atoms with van der Waals surface area (Å²) in [4.78, 5) is 17.5. The van der Waals surface area contributed by atoms with E-state index in [1.165, 1.54) is 0 Å². The highest BCUT2D eigenvalue weighted by atomic mass is 16.3. The van der Waals surface area contributed by atoms with Crippen molar-refractivity contribution in [2.45, 2.75) is 19.1 Å². The summed E-state index contributed by atoms with van der Waals surface area (Å²) in [6.07, 6.45) is 3.69. The molecule has 6 nitrogen and oxygen atoms in total. The Hall–Kier alpha value is -3.93. The van der Waals surface area contributed by atoms with Gasteiger partial charge < -0.3 is 24.1 Å². The van der Waals surface area contributed by atoms with Gasteiger partial charge in [0.25, 0.3) is 0 Å². The van der Waals surface area contributed by atoms with Gasteiger partial charge in [0.05, 0.1) is 31.1 Å². The smallest absolute Gasteiger partial charge is 0.318 e. The number of rotatable bonds is 4. The molecule has 1 unspecified atom stereocenters. The van der Waals surface area contributed by atoms with Crippen molar-refractivity contribution in [1.82, 2.24) is 14.8 Å². The van der Waals surface area contributed by atoms with Gasteiger partial charge in [-0.15, -0.1) is 0 Å². The second-order valence-electron chi connectivity index (χ2n) is 8.19. The number of hydrogen-bond donors (Lipinski definition) is 1. The molecule has 6 heteroatoms. The lowest BCUT2D eigenvalue weighted by molar-refractivity contribution is 0.179. The highest BCUT2D eigenvalue weighted by Gasteiger charge is 2.32. The number of benzene rings is 2. The zero-order chi connectivity index (χ0) is 22.1. The Morgan fingerprint density at radius 3 is 2.59 bits per heavy atom. The third-order valence-electron chi connectivity index (χ3n) is 5.94. The number of hydrogen-bond acceptors (Lipinski definition) is 3. The molecule has 2 amide bonds. The highest BCUT2D eigenvalue weighted by molar-refractivity contribution is 5.76. The first-order valence-corrected chi connectivity index (χ1v) is 10.7. The van der Waals surface area contributed by atoms with Crippen LogP contribution in [-0.2, 0) is 13.1 Å². The second kappa shape index (κ2) is 8.30. The Kier molecular flexibility index (Phi) is 5.19. The summed E-state index contributed by atoms with van der Waals surface area (Å²) >= 11 is 0. The minimum Gasteiger partial charge on any atom is -0.467 e. The number of carbonyl (C=O) groups excluding carboxylic acids is 1. The zero-order valence-corrected chi connectivity index (χ0v) is 18.2. The highest BCUT2D eigenvalue weighted by Crippen LogP contribution is 2.37. The maximum absolute atomic E-state index is 13.5. The van der Waals surface area contributed by atoms with Gasteiger partial charge in [0.2, 0.25) is 0 Å². The number of carbonyl (C=O) groups is 1. The van der Waals surface area contributed by atoms with E-state index in [2.05, 4.69) is 63.4 Å². The van der Waals surface area contributed by atoms with Crippen LogP contribution in [0.25, 0.3) is 5.69 Å². The molecule has 5 rings (SSSR count). The molecule has 0 fully saturated rings. The first-order chi connectivity index (χ1) is 15.6.